The average molecular weight is 435 g/mol. The number of nitrogens with zero attached hydrogens (tertiary/aromatic N) is 1. The number of benzene rings is 3. The number of hydrogen-bond acceptors (Lipinski definition) is 4. The first kappa shape index (κ1) is 23.0. The molecule has 0 fully saturated rings. The highest BCUT2D eigenvalue weighted by Gasteiger charge is 2.16. The van der Waals surface area contributed by atoms with Gasteiger partial charge in [-0.25, -0.2) is 4.79 Å². The van der Waals surface area contributed by atoms with Gasteiger partial charge in [-0.05, 0) is 35.2 Å². The predicted octanol–water partition coefficient (Wildman–Crippen LogP) is 4.67. The lowest BCUT2D eigenvalue weighted by Crippen LogP contribution is -2.40. The SMILES string of the molecule is COc1cc(CNC(=O)N(CCc2ccccc2)Cc2ccccc2)cc(OC)c1OC. The van der Waals surface area contributed by atoms with Gasteiger partial charge in [-0.2, -0.15) is 0 Å². The third-order valence-corrected chi connectivity index (χ3v) is 5.18. The van der Waals surface area contributed by atoms with E-state index in [1.165, 1.54) is 5.56 Å². The van der Waals surface area contributed by atoms with Crippen LogP contribution in [0.15, 0.2) is 72.8 Å². The van der Waals surface area contributed by atoms with Crippen LogP contribution in [0.4, 0.5) is 4.79 Å². The molecule has 0 aliphatic carbocycles. The zero-order valence-electron chi connectivity index (χ0n) is 18.8. The molecule has 32 heavy (non-hydrogen) atoms. The van der Waals surface area contributed by atoms with Crippen molar-refractivity contribution >= 4 is 6.03 Å². The molecule has 0 unspecified atom stereocenters. The number of amides is 2. The first-order valence-electron chi connectivity index (χ1n) is 10.5. The quantitative estimate of drug-likeness (QED) is 0.504. The van der Waals surface area contributed by atoms with Crippen LogP contribution in [-0.4, -0.2) is 38.8 Å². The van der Waals surface area contributed by atoms with E-state index in [9.17, 15) is 4.79 Å². The molecule has 0 saturated heterocycles. The van der Waals surface area contributed by atoms with Crippen molar-refractivity contribution < 1.29 is 19.0 Å². The Labute approximate surface area is 189 Å². The Kier molecular flexibility index (Phi) is 8.37. The molecule has 2 amide bonds. The minimum Gasteiger partial charge on any atom is -0.493 e. The van der Waals surface area contributed by atoms with Gasteiger partial charge in [0, 0.05) is 19.6 Å². The number of rotatable bonds is 10. The third kappa shape index (κ3) is 6.17. The molecular formula is C26H30N2O4. The van der Waals surface area contributed by atoms with Gasteiger partial charge in [-0.1, -0.05) is 60.7 Å². The summed E-state index contributed by atoms with van der Waals surface area (Å²) in [4.78, 5) is 14.9. The maximum atomic E-state index is 13.1. The van der Waals surface area contributed by atoms with E-state index in [1.807, 2.05) is 65.6 Å². The van der Waals surface area contributed by atoms with Crippen molar-refractivity contribution in [3.63, 3.8) is 0 Å². The fraction of sp³-hybridized carbons (Fsp3) is 0.269. The largest absolute Gasteiger partial charge is 0.493 e. The molecule has 3 aromatic carbocycles. The number of carbonyl (C=O) groups excluding carboxylic acids is 1. The van der Waals surface area contributed by atoms with Gasteiger partial charge in [-0.3, -0.25) is 0 Å². The zero-order chi connectivity index (χ0) is 22.8. The van der Waals surface area contributed by atoms with Gasteiger partial charge in [0.25, 0.3) is 0 Å². The maximum absolute atomic E-state index is 13.1. The summed E-state index contributed by atoms with van der Waals surface area (Å²) in [5, 5.41) is 3.03. The van der Waals surface area contributed by atoms with Gasteiger partial charge in [0.1, 0.15) is 0 Å². The van der Waals surface area contributed by atoms with Gasteiger partial charge in [-0.15, -0.1) is 0 Å². The van der Waals surface area contributed by atoms with Crippen LogP contribution in [0, 0.1) is 0 Å². The molecule has 0 saturated carbocycles. The molecule has 0 aliphatic rings. The molecule has 0 heterocycles. The highest BCUT2D eigenvalue weighted by Crippen LogP contribution is 2.38. The fourth-order valence-corrected chi connectivity index (χ4v) is 3.49. The molecule has 3 aromatic rings. The standard InChI is InChI=1S/C26H30N2O4/c1-30-23-16-22(17-24(31-2)25(23)32-3)18-27-26(29)28(19-21-12-8-5-9-13-21)15-14-20-10-6-4-7-11-20/h4-13,16-17H,14-15,18-19H2,1-3H3,(H,27,29). The number of nitrogens with one attached hydrogen (secondary N) is 1. The lowest BCUT2D eigenvalue weighted by Gasteiger charge is -2.24. The van der Waals surface area contributed by atoms with E-state index in [4.69, 9.17) is 14.2 Å². The van der Waals surface area contributed by atoms with Crippen LogP contribution in [0.2, 0.25) is 0 Å². The molecule has 0 aromatic heterocycles. The topological polar surface area (TPSA) is 60.0 Å². The Hall–Kier alpha value is -3.67. The summed E-state index contributed by atoms with van der Waals surface area (Å²) in [5.74, 6) is 1.64. The second-order valence-electron chi connectivity index (χ2n) is 7.34. The van der Waals surface area contributed by atoms with Crippen LogP contribution in [0.1, 0.15) is 16.7 Å². The molecule has 1 N–H and O–H groups in total. The minimum atomic E-state index is -0.126. The zero-order valence-corrected chi connectivity index (χ0v) is 18.8. The molecule has 0 atom stereocenters. The summed E-state index contributed by atoms with van der Waals surface area (Å²) < 4.78 is 16.2. The molecule has 6 nitrogen and oxygen atoms in total. The fourth-order valence-electron chi connectivity index (χ4n) is 3.49. The van der Waals surface area contributed by atoms with Crippen molar-refractivity contribution in [2.24, 2.45) is 0 Å². The Balaban J connectivity index is 1.71. The summed E-state index contributed by atoms with van der Waals surface area (Å²) in [6.45, 7) is 1.49. The number of ether oxygens (including phenoxy) is 3. The summed E-state index contributed by atoms with van der Waals surface area (Å²) >= 11 is 0. The predicted molar refractivity (Wildman–Crippen MR) is 125 cm³/mol. The lowest BCUT2D eigenvalue weighted by molar-refractivity contribution is 0.195. The number of methoxy groups -OCH3 is 3. The van der Waals surface area contributed by atoms with Crippen LogP contribution < -0.4 is 19.5 Å². The molecule has 0 radical (unpaired) electrons. The van der Waals surface area contributed by atoms with Gasteiger partial charge in [0.15, 0.2) is 11.5 Å². The van der Waals surface area contributed by atoms with Crippen molar-refractivity contribution in [3.8, 4) is 17.2 Å². The molecule has 0 bridgehead atoms. The van der Waals surface area contributed by atoms with Gasteiger partial charge >= 0.3 is 6.03 Å². The second kappa shape index (κ2) is 11.6. The number of hydrogen-bond donors (Lipinski definition) is 1. The van der Waals surface area contributed by atoms with E-state index >= 15 is 0 Å². The summed E-state index contributed by atoms with van der Waals surface area (Å²) in [6.07, 6.45) is 0.783. The lowest BCUT2D eigenvalue weighted by atomic mass is 10.1. The number of carbonyl (C=O) groups is 1. The van der Waals surface area contributed by atoms with Crippen molar-refractivity contribution in [3.05, 3.63) is 89.5 Å². The summed E-state index contributed by atoms with van der Waals surface area (Å²) in [6, 6.07) is 23.7. The van der Waals surface area contributed by atoms with E-state index in [2.05, 4.69) is 17.4 Å². The molecule has 3 rings (SSSR count). The molecule has 6 heteroatoms. The number of urea groups is 1. The van der Waals surface area contributed by atoms with Crippen molar-refractivity contribution in [1.82, 2.24) is 10.2 Å². The van der Waals surface area contributed by atoms with Crippen molar-refractivity contribution in [1.29, 1.82) is 0 Å². The first-order valence-corrected chi connectivity index (χ1v) is 10.5. The monoisotopic (exact) mass is 434 g/mol. The Morgan fingerprint density at radius 3 is 1.88 bits per heavy atom. The van der Waals surface area contributed by atoms with Crippen molar-refractivity contribution in [2.45, 2.75) is 19.5 Å². The van der Waals surface area contributed by atoms with Crippen LogP contribution >= 0.6 is 0 Å². The highest BCUT2D eigenvalue weighted by molar-refractivity contribution is 5.74. The molecule has 168 valence electrons. The van der Waals surface area contributed by atoms with Crippen LogP contribution in [0.25, 0.3) is 0 Å². The Morgan fingerprint density at radius 2 is 1.34 bits per heavy atom. The van der Waals surface area contributed by atoms with Gasteiger partial charge in [0.2, 0.25) is 5.75 Å². The van der Waals surface area contributed by atoms with E-state index < -0.39 is 0 Å². The molecule has 0 aliphatic heterocycles. The smallest absolute Gasteiger partial charge is 0.317 e. The van der Waals surface area contributed by atoms with Gasteiger partial charge < -0.3 is 24.4 Å². The Bertz CT molecular complexity index is 968. The van der Waals surface area contributed by atoms with Crippen LogP contribution in [0.3, 0.4) is 0 Å². The third-order valence-electron chi connectivity index (χ3n) is 5.18. The van der Waals surface area contributed by atoms with Crippen LogP contribution in [-0.2, 0) is 19.5 Å². The van der Waals surface area contributed by atoms with Crippen LogP contribution in [0.5, 0.6) is 17.2 Å². The second-order valence-corrected chi connectivity index (χ2v) is 7.34. The molecular weight excluding hydrogens is 404 g/mol. The maximum Gasteiger partial charge on any atom is 0.317 e. The summed E-state index contributed by atoms with van der Waals surface area (Å²) in [7, 11) is 4.71. The average Bonchev–Trinajstić information content (AvgIpc) is 2.85. The van der Waals surface area contributed by atoms with E-state index in [0.717, 1.165) is 17.5 Å². The summed E-state index contributed by atoms with van der Waals surface area (Å²) in [5.41, 5.74) is 3.14. The minimum absolute atomic E-state index is 0.126. The van der Waals surface area contributed by atoms with E-state index in [0.29, 0.717) is 36.9 Å². The normalized spacial score (nSPS) is 10.3. The van der Waals surface area contributed by atoms with E-state index in [1.54, 1.807) is 21.3 Å². The Morgan fingerprint density at radius 1 is 0.781 bits per heavy atom. The first-order chi connectivity index (χ1) is 15.6. The molecule has 0 spiro atoms. The van der Waals surface area contributed by atoms with Crippen molar-refractivity contribution in [2.75, 3.05) is 27.9 Å². The highest BCUT2D eigenvalue weighted by atomic mass is 16.5. The van der Waals surface area contributed by atoms with Gasteiger partial charge in [0.05, 0.1) is 21.3 Å². The van der Waals surface area contributed by atoms with E-state index in [-0.39, 0.29) is 6.03 Å².